The van der Waals surface area contributed by atoms with Crippen LogP contribution < -0.4 is 11.6 Å². The third kappa shape index (κ3) is 3.20. The first-order valence-corrected chi connectivity index (χ1v) is 5.00. The number of nitrogens with zero attached hydrogens (tertiary/aromatic N) is 1. The van der Waals surface area contributed by atoms with Crippen LogP contribution in [0.4, 0.5) is 4.39 Å². The SMILES string of the molecule is CC(C)(F)C(C=O)N(N)/C=C(\N)C1CC1. The van der Waals surface area contributed by atoms with Crippen molar-refractivity contribution < 1.29 is 9.18 Å². The molecule has 1 fully saturated rings. The van der Waals surface area contributed by atoms with Gasteiger partial charge in [0.1, 0.15) is 18.0 Å². The van der Waals surface area contributed by atoms with E-state index in [1.165, 1.54) is 20.0 Å². The van der Waals surface area contributed by atoms with Crippen molar-refractivity contribution in [3.63, 3.8) is 0 Å². The van der Waals surface area contributed by atoms with E-state index in [0.717, 1.165) is 17.9 Å². The second-order valence-corrected chi connectivity index (χ2v) is 4.50. The zero-order valence-corrected chi connectivity index (χ0v) is 9.11. The van der Waals surface area contributed by atoms with Gasteiger partial charge >= 0.3 is 0 Å². The number of carbonyl (C=O) groups is 1. The first kappa shape index (κ1) is 12.0. The van der Waals surface area contributed by atoms with Gasteiger partial charge in [0.25, 0.3) is 0 Å². The minimum Gasteiger partial charge on any atom is -0.401 e. The number of hydrogen-bond acceptors (Lipinski definition) is 4. The summed E-state index contributed by atoms with van der Waals surface area (Å²) >= 11 is 0. The van der Waals surface area contributed by atoms with E-state index < -0.39 is 11.7 Å². The number of aldehydes is 1. The average molecular weight is 215 g/mol. The van der Waals surface area contributed by atoms with Crippen molar-refractivity contribution >= 4 is 6.29 Å². The maximum absolute atomic E-state index is 13.5. The van der Waals surface area contributed by atoms with Crippen LogP contribution in [-0.4, -0.2) is 23.0 Å². The molecule has 1 rings (SSSR count). The highest BCUT2D eigenvalue weighted by molar-refractivity contribution is 5.60. The maximum atomic E-state index is 13.5. The van der Waals surface area contributed by atoms with Crippen LogP contribution >= 0.6 is 0 Å². The highest BCUT2D eigenvalue weighted by Gasteiger charge is 2.33. The van der Waals surface area contributed by atoms with E-state index in [1.807, 2.05) is 0 Å². The lowest BCUT2D eigenvalue weighted by molar-refractivity contribution is -0.115. The predicted molar refractivity (Wildman–Crippen MR) is 56.1 cm³/mol. The molecular weight excluding hydrogens is 197 g/mol. The number of carbonyl (C=O) groups excluding carboxylic acids is 1. The lowest BCUT2D eigenvalue weighted by Crippen LogP contribution is -2.49. The van der Waals surface area contributed by atoms with Crippen molar-refractivity contribution in [1.82, 2.24) is 5.01 Å². The maximum Gasteiger partial charge on any atom is 0.147 e. The van der Waals surface area contributed by atoms with E-state index in [1.54, 1.807) is 0 Å². The molecule has 0 aromatic heterocycles. The van der Waals surface area contributed by atoms with Crippen LogP contribution in [0.2, 0.25) is 0 Å². The number of nitrogens with two attached hydrogens (primary N) is 2. The zero-order chi connectivity index (χ0) is 11.6. The van der Waals surface area contributed by atoms with Gasteiger partial charge in [-0.3, -0.25) is 0 Å². The summed E-state index contributed by atoms with van der Waals surface area (Å²) in [7, 11) is 0. The Morgan fingerprint density at radius 1 is 1.60 bits per heavy atom. The van der Waals surface area contributed by atoms with Crippen molar-refractivity contribution in [2.45, 2.75) is 38.4 Å². The second-order valence-electron chi connectivity index (χ2n) is 4.50. The fourth-order valence-corrected chi connectivity index (χ4v) is 1.36. The Balaban J connectivity index is 2.68. The molecule has 0 aliphatic heterocycles. The van der Waals surface area contributed by atoms with Crippen LogP contribution in [0, 0.1) is 5.92 Å². The van der Waals surface area contributed by atoms with E-state index in [0.29, 0.717) is 17.9 Å². The van der Waals surface area contributed by atoms with Crippen molar-refractivity contribution in [3.8, 4) is 0 Å². The van der Waals surface area contributed by atoms with Gasteiger partial charge in [0.2, 0.25) is 0 Å². The molecule has 1 aliphatic carbocycles. The lowest BCUT2D eigenvalue weighted by Gasteiger charge is -2.29. The smallest absolute Gasteiger partial charge is 0.147 e. The molecule has 1 atom stereocenters. The molecule has 0 amide bonds. The third-order valence-electron chi connectivity index (χ3n) is 2.50. The third-order valence-corrected chi connectivity index (χ3v) is 2.50. The summed E-state index contributed by atoms with van der Waals surface area (Å²) in [5.74, 6) is 5.94. The summed E-state index contributed by atoms with van der Waals surface area (Å²) in [5, 5.41) is 1.06. The van der Waals surface area contributed by atoms with Crippen molar-refractivity contribution in [1.29, 1.82) is 0 Å². The molecular formula is C10H18FN3O. The van der Waals surface area contributed by atoms with Gasteiger partial charge in [-0.15, -0.1) is 0 Å². The van der Waals surface area contributed by atoms with Gasteiger partial charge < -0.3 is 15.5 Å². The second kappa shape index (κ2) is 4.18. The molecule has 0 aromatic carbocycles. The number of halogens is 1. The van der Waals surface area contributed by atoms with Crippen molar-refractivity contribution in [3.05, 3.63) is 11.9 Å². The molecule has 0 spiro atoms. The van der Waals surface area contributed by atoms with Gasteiger partial charge in [-0.25, -0.2) is 10.2 Å². The minimum absolute atomic E-state index is 0.353. The van der Waals surface area contributed by atoms with E-state index in [-0.39, 0.29) is 0 Å². The Labute approximate surface area is 89.1 Å². The molecule has 0 heterocycles. The zero-order valence-electron chi connectivity index (χ0n) is 9.11. The lowest BCUT2D eigenvalue weighted by atomic mass is 10.0. The number of hydrogen-bond donors (Lipinski definition) is 2. The molecule has 1 unspecified atom stereocenters. The summed E-state index contributed by atoms with van der Waals surface area (Å²) in [6.45, 7) is 2.63. The molecule has 0 bridgehead atoms. The molecule has 0 saturated heterocycles. The number of hydrazine groups is 1. The van der Waals surface area contributed by atoms with Crippen LogP contribution in [0.15, 0.2) is 11.9 Å². The standard InChI is InChI=1S/C10H18FN3O/c1-10(2,11)9(6-15)14(13)5-8(12)7-3-4-7/h5-7,9H,3-4,12-13H2,1-2H3/b8-5-. The van der Waals surface area contributed by atoms with Gasteiger partial charge in [0, 0.05) is 17.8 Å². The Hall–Kier alpha value is -1.10. The largest absolute Gasteiger partial charge is 0.401 e. The van der Waals surface area contributed by atoms with Crippen LogP contribution in [-0.2, 0) is 4.79 Å². The molecule has 4 nitrogen and oxygen atoms in total. The Morgan fingerprint density at radius 3 is 2.47 bits per heavy atom. The van der Waals surface area contributed by atoms with Crippen LogP contribution in [0.25, 0.3) is 0 Å². The summed E-state index contributed by atoms with van der Waals surface area (Å²) < 4.78 is 13.5. The van der Waals surface area contributed by atoms with E-state index in [2.05, 4.69) is 0 Å². The molecule has 1 aliphatic rings. The van der Waals surface area contributed by atoms with Gasteiger partial charge in [-0.2, -0.15) is 0 Å². The average Bonchev–Trinajstić information content (AvgIpc) is 2.83. The summed E-state index contributed by atoms with van der Waals surface area (Å²) in [5.41, 5.74) is 4.65. The first-order chi connectivity index (χ1) is 6.86. The molecule has 1 saturated carbocycles. The Bertz CT molecular complexity index is 268. The van der Waals surface area contributed by atoms with Crippen LogP contribution in [0.3, 0.4) is 0 Å². The topological polar surface area (TPSA) is 72.3 Å². The van der Waals surface area contributed by atoms with Gasteiger partial charge in [-0.1, -0.05) is 0 Å². The highest BCUT2D eigenvalue weighted by Crippen LogP contribution is 2.34. The number of allylic oxidation sites excluding steroid dienone is 1. The van der Waals surface area contributed by atoms with Crippen molar-refractivity contribution in [2.24, 2.45) is 17.5 Å². The number of alkyl halides is 1. The highest BCUT2D eigenvalue weighted by atomic mass is 19.1. The normalized spacial score (nSPS) is 19.9. The fraction of sp³-hybridized carbons (Fsp3) is 0.700. The molecule has 0 radical (unpaired) electrons. The van der Waals surface area contributed by atoms with Crippen molar-refractivity contribution in [2.75, 3.05) is 0 Å². The quantitative estimate of drug-likeness (QED) is 0.402. The van der Waals surface area contributed by atoms with Crippen LogP contribution in [0.5, 0.6) is 0 Å². The molecule has 86 valence electrons. The summed E-state index contributed by atoms with van der Waals surface area (Å²) in [6.07, 6.45) is 4.04. The molecule has 5 heteroatoms. The molecule has 15 heavy (non-hydrogen) atoms. The van der Waals surface area contributed by atoms with E-state index >= 15 is 0 Å². The monoisotopic (exact) mass is 215 g/mol. The molecule has 0 aromatic rings. The summed E-state index contributed by atoms with van der Waals surface area (Å²) in [4.78, 5) is 10.7. The Kier molecular flexibility index (Phi) is 3.34. The minimum atomic E-state index is -1.68. The van der Waals surface area contributed by atoms with E-state index in [9.17, 15) is 9.18 Å². The van der Waals surface area contributed by atoms with Crippen LogP contribution in [0.1, 0.15) is 26.7 Å². The predicted octanol–water partition coefficient (Wildman–Crippen LogP) is 0.688. The fourth-order valence-electron chi connectivity index (χ4n) is 1.36. The van der Waals surface area contributed by atoms with Gasteiger partial charge in [0.05, 0.1) is 0 Å². The molecule has 4 N–H and O–H groups in total. The first-order valence-electron chi connectivity index (χ1n) is 5.00. The van der Waals surface area contributed by atoms with Gasteiger partial charge in [-0.05, 0) is 26.7 Å². The number of rotatable bonds is 5. The van der Waals surface area contributed by atoms with Gasteiger partial charge in [0.15, 0.2) is 0 Å². The Morgan fingerprint density at radius 2 is 2.13 bits per heavy atom. The van der Waals surface area contributed by atoms with E-state index in [4.69, 9.17) is 11.6 Å². The summed E-state index contributed by atoms with van der Waals surface area (Å²) in [6, 6.07) is -1.00.